The van der Waals surface area contributed by atoms with Gasteiger partial charge in [0.25, 0.3) is 5.91 Å². The summed E-state index contributed by atoms with van der Waals surface area (Å²) < 4.78 is 0. The van der Waals surface area contributed by atoms with Crippen LogP contribution in [0.25, 0.3) is 0 Å². The van der Waals surface area contributed by atoms with Gasteiger partial charge in [0, 0.05) is 26.9 Å². The van der Waals surface area contributed by atoms with Crippen LogP contribution in [-0.2, 0) is 4.79 Å². The van der Waals surface area contributed by atoms with Crippen LogP contribution in [0.15, 0.2) is 80.7 Å². The minimum atomic E-state index is -0.156. The number of rotatable bonds is 3. The Kier molecular flexibility index (Phi) is 5.04. The highest BCUT2D eigenvalue weighted by Gasteiger charge is 2.33. The maximum Gasteiger partial charge on any atom is 0.279 e. The molecule has 2 aliphatic rings. The van der Waals surface area contributed by atoms with E-state index < -0.39 is 0 Å². The van der Waals surface area contributed by atoms with Gasteiger partial charge in [0.2, 0.25) is 0 Å². The van der Waals surface area contributed by atoms with Crippen molar-refractivity contribution in [1.29, 1.82) is 0 Å². The van der Waals surface area contributed by atoms with Gasteiger partial charge in [-0.3, -0.25) is 4.79 Å². The summed E-state index contributed by atoms with van der Waals surface area (Å²) in [5.74, 6) is -0.156. The molecule has 0 radical (unpaired) electrons. The lowest BCUT2D eigenvalue weighted by Crippen LogP contribution is -2.29. The van der Waals surface area contributed by atoms with Crippen molar-refractivity contribution >= 4 is 57.8 Å². The fourth-order valence-electron chi connectivity index (χ4n) is 3.74. The molecule has 3 aromatic rings. The number of nitrogens with zero attached hydrogens (tertiary/aromatic N) is 3. The number of nitrogens with one attached hydrogen (secondary N) is 1. The van der Waals surface area contributed by atoms with Gasteiger partial charge in [0.05, 0.1) is 22.8 Å². The van der Waals surface area contributed by atoms with Gasteiger partial charge in [-0.2, -0.15) is 5.10 Å². The zero-order valence-corrected chi connectivity index (χ0v) is 18.6. The number of amides is 1. The van der Waals surface area contributed by atoms with Crippen molar-refractivity contribution in [3.05, 3.63) is 76.8 Å². The maximum atomic E-state index is 12.8. The van der Waals surface area contributed by atoms with Gasteiger partial charge < -0.3 is 10.2 Å². The molecule has 0 saturated heterocycles. The van der Waals surface area contributed by atoms with Gasteiger partial charge >= 0.3 is 0 Å². The van der Waals surface area contributed by atoms with Gasteiger partial charge in [0.1, 0.15) is 0 Å². The highest BCUT2D eigenvalue weighted by atomic mass is 35.5. The summed E-state index contributed by atoms with van der Waals surface area (Å²) in [6, 6.07) is 19.8. The molecule has 5 rings (SSSR count). The molecule has 154 valence electrons. The van der Waals surface area contributed by atoms with E-state index in [0.29, 0.717) is 17.3 Å². The van der Waals surface area contributed by atoms with Crippen LogP contribution in [0.4, 0.5) is 17.1 Å². The van der Waals surface area contributed by atoms with Crippen LogP contribution in [0.1, 0.15) is 25.0 Å². The summed E-state index contributed by atoms with van der Waals surface area (Å²) in [6.07, 6.45) is 0. The Morgan fingerprint density at radius 3 is 2.71 bits per heavy atom. The summed E-state index contributed by atoms with van der Waals surface area (Å²) in [5.41, 5.74) is 5.66. The van der Waals surface area contributed by atoms with E-state index >= 15 is 0 Å². The lowest BCUT2D eigenvalue weighted by molar-refractivity contribution is -0.112. The number of carbonyl (C=O) groups is 1. The molecule has 0 saturated carbocycles. The van der Waals surface area contributed by atoms with Crippen LogP contribution in [0.3, 0.4) is 0 Å². The molecule has 0 aliphatic carbocycles. The van der Waals surface area contributed by atoms with Gasteiger partial charge in [-0.25, -0.2) is 0 Å². The summed E-state index contributed by atoms with van der Waals surface area (Å²) in [5, 5.41) is 12.8. The summed E-state index contributed by atoms with van der Waals surface area (Å²) in [7, 11) is 0. The number of hydrogen-bond acceptors (Lipinski definition) is 5. The lowest BCUT2D eigenvalue weighted by atomic mass is 10.1. The second kappa shape index (κ2) is 7.87. The summed E-state index contributed by atoms with van der Waals surface area (Å²) in [4.78, 5) is 16.9. The minimum absolute atomic E-state index is 0.156. The normalized spacial score (nSPS) is 16.1. The van der Waals surface area contributed by atoms with E-state index in [9.17, 15) is 4.79 Å². The van der Waals surface area contributed by atoms with Gasteiger partial charge in [-0.15, -0.1) is 5.10 Å². The van der Waals surface area contributed by atoms with Gasteiger partial charge in [-0.1, -0.05) is 41.6 Å². The van der Waals surface area contributed by atoms with Gasteiger partial charge in [0.15, 0.2) is 5.71 Å². The highest BCUT2D eigenvalue weighted by Crippen LogP contribution is 2.44. The number of fused-ring (bicyclic) bond motifs is 3. The Morgan fingerprint density at radius 2 is 1.87 bits per heavy atom. The minimum Gasteiger partial charge on any atom is -0.354 e. The first-order valence-corrected chi connectivity index (χ1v) is 11.2. The molecule has 7 heteroatoms. The second-order valence-electron chi connectivity index (χ2n) is 7.28. The summed E-state index contributed by atoms with van der Waals surface area (Å²) >= 11 is 7.90. The molecule has 1 N–H and O–H groups in total. The topological polar surface area (TPSA) is 57.1 Å². The first-order valence-electron chi connectivity index (χ1n) is 9.97. The molecule has 0 spiro atoms. The third-order valence-corrected chi connectivity index (χ3v) is 6.73. The number of hydrogen-bond donors (Lipinski definition) is 1. The molecule has 0 bridgehead atoms. The number of carbonyl (C=O) groups excluding carboxylic acids is 1. The molecular weight excluding hydrogens is 428 g/mol. The molecule has 0 atom stereocenters. The van der Waals surface area contributed by atoms with Crippen molar-refractivity contribution < 1.29 is 4.79 Å². The number of para-hydroxylation sites is 1. The van der Waals surface area contributed by atoms with Crippen LogP contribution in [0, 0.1) is 0 Å². The Bertz CT molecular complexity index is 1280. The van der Waals surface area contributed by atoms with Crippen LogP contribution >= 0.6 is 23.4 Å². The largest absolute Gasteiger partial charge is 0.354 e. The predicted molar refractivity (Wildman–Crippen MR) is 129 cm³/mol. The zero-order chi connectivity index (χ0) is 21.5. The molecule has 0 aromatic heterocycles. The Balaban J connectivity index is 1.47. The quantitative estimate of drug-likeness (QED) is 0.304. The van der Waals surface area contributed by atoms with E-state index in [-0.39, 0.29) is 5.91 Å². The van der Waals surface area contributed by atoms with Crippen molar-refractivity contribution in [3.8, 4) is 0 Å². The van der Waals surface area contributed by atoms with E-state index in [1.54, 1.807) is 28.8 Å². The van der Waals surface area contributed by atoms with Crippen molar-refractivity contribution in [3.63, 3.8) is 0 Å². The molecular formula is C24H19ClN4OS. The maximum absolute atomic E-state index is 12.8. The number of anilines is 3. The van der Waals surface area contributed by atoms with E-state index in [1.165, 1.54) is 4.90 Å². The van der Waals surface area contributed by atoms with Crippen molar-refractivity contribution in [2.45, 2.75) is 23.6 Å². The molecule has 0 fully saturated rings. The molecule has 1 amide bonds. The smallest absolute Gasteiger partial charge is 0.279 e. The van der Waals surface area contributed by atoms with Crippen LogP contribution < -0.4 is 10.2 Å². The van der Waals surface area contributed by atoms with Crippen LogP contribution in [-0.4, -0.2) is 23.9 Å². The molecule has 31 heavy (non-hydrogen) atoms. The van der Waals surface area contributed by atoms with E-state index in [1.807, 2.05) is 38.1 Å². The molecule has 0 unspecified atom stereocenters. The summed E-state index contributed by atoms with van der Waals surface area (Å²) in [6.45, 7) is 4.39. The Morgan fingerprint density at radius 1 is 1.06 bits per heavy atom. The number of halogens is 1. The average molecular weight is 447 g/mol. The van der Waals surface area contributed by atoms with E-state index in [0.717, 1.165) is 38.8 Å². The molecule has 2 heterocycles. The SMILES string of the molecule is CCN1C(=O)/C(=N\N=C(/C)c2ccc3c(c2)Nc2ccccc2S3)c2cc(Cl)ccc21. The molecule has 5 nitrogen and oxygen atoms in total. The van der Waals surface area contributed by atoms with Crippen LogP contribution in [0.2, 0.25) is 5.02 Å². The number of likely N-dealkylation sites (N-methyl/N-ethyl adjacent to an activating group) is 1. The highest BCUT2D eigenvalue weighted by molar-refractivity contribution is 7.99. The van der Waals surface area contributed by atoms with Crippen LogP contribution in [0.5, 0.6) is 0 Å². The standard InChI is InChI=1S/C24H19ClN4OS/c1-3-29-20-10-9-16(25)13-17(20)23(24(29)30)28-27-14(2)15-8-11-22-19(12-15)26-18-6-4-5-7-21(18)31-22/h4-13,26H,3H2,1-2H3/b27-14+,28-23-. The fraction of sp³-hybridized carbons (Fsp3) is 0.125. The predicted octanol–water partition coefficient (Wildman–Crippen LogP) is 6.13. The number of benzene rings is 3. The molecule has 3 aromatic carbocycles. The van der Waals surface area contributed by atoms with Crippen molar-refractivity contribution in [2.75, 3.05) is 16.8 Å². The second-order valence-corrected chi connectivity index (χ2v) is 8.80. The monoisotopic (exact) mass is 446 g/mol. The fourth-order valence-corrected chi connectivity index (χ4v) is 4.88. The molecule has 2 aliphatic heterocycles. The average Bonchev–Trinajstić information content (AvgIpc) is 3.05. The Hall–Kier alpha value is -3.09. The third-order valence-electron chi connectivity index (χ3n) is 5.34. The zero-order valence-electron chi connectivity index (χ0n) is 17.0. The lowest BCUT2D eigenvalue weighted by Gasteiger charge is -2.21. The van der Waals surface area contributed by atoms with E-state index in [4.69, 9.17) is 11.6 Å². The Labute approximate surface area is 189 Å². The van der Waals surface area contributed by atoms with E-state index in [2.05, 4.69) is 39.8 Å². The van der Waals surface area contributed by atoms with Gasteiger partial charge in [-0.05, 0) is 61.9 Å². The van der Waals surface area contributed by atoms with Crippen molar-refractivity contribution in [2.24, 2.45) is 10.2 Å². The first kappa shape index (κ1) is 19.8. The van der Waals surface area contributed by atoms with Crippen molar-refractivity contribution in [1.82, 2.24) is 0 Å². The third kappa shape index (κ3) is 3.52. The first-order chi connectivity index (χ1) is 15.0.